The maximum absolute atomic E-state index is 8.72. The van der Waals surface area contributed by atoms with Crippen LogP contribution in [0.4, 0.5) is 17.8 Å². The molecule has 0 spiro atoms. The third kappa shape index (κ3) is 3.50. The fraction of sp³-hybridized carbons (Fsp3) is 0.500. The molecule has 1 aromatic rings. The zero-order valence-electron chi connectivity index (χ0n) is 7.99. The number of likely N-dealkylation sites (N-methyl/N-ethyl adjacent to an activating group) is 1. The first kappa shape index (κ1) is 11.4. The first-order valence-corrected chi connectivity index (χ1v) is 3.93. The quantitative estimate of drug-likeness (QED) is 0.334. The van der Waals surface area contributed by atoms with Crippen LogP contribution in [0.1, 0.15) is 0 Å². The predicted molar refractivity (Wildman–Crippen MR) is 51.3 cm³/mol. The summed E-state index contributed by atoms with van der Waals surface area (Å²) in [5.74, 6) is -3.00. The minimum Gasteiger partial charge on any atom is -0.368 e. The molecule has 0 radical (unpaired) electrons. The van der Waals surface area contributed by atoms with Crippen LogP contribution in [0, 0.1) is 0 Å². The van der Waals surface area contributed by atoms with Gasteiger partial charge in [-0.25, -0.2) is 0 Å². The minimum absolute atomic E-state index is 0.0292. The van der Waals surface area contributed by atoms with Gasteiger partial charge in [-0.1, -0.05) is 0 Å². The highest BCUT2D eigenvalue weighted by molar-refractivity contribution is 5.38. The predicted octanol–water partition coefficient (Wildman–Crippen LogP) is -2.90. The van der Waals surface area contributed by atoms with Crippen LogP contribution < -0.4 is 16.4 Å². The lowest BCUT2D eigenvalue weighted by molar-refractivity contribution is -0.302. The van der Waals surface area contributed by atoms with Crippen LogP contribution in [0.5, 0.6) is 0 Å². The molecule has 0 atom stereocenters. The first-order chi connectivity index (χ1) is 6.78. The van der Waals surface area contributed by atoms with Crippen molar-refractivity contribution in [3.8, 4) is 0 Å². The van der Waals surface area contributed by atoms with Gasteiger partial charge in [0.05, 0.1) is 0 Å². The van der Waals surface area contributed by atoms with Gasteiger partial charge < -0.3 is 31.7 Å². The summed E-state index contributed by atoms with van der Waals surface area (Å²) < 4.78 is 0. The van der Waals surface area contributed by atoms with E-state index >= 15 is 0 Å². The lowest BCUT2D eigenvalue weighted by atomic mass is 10.5. The summed E-state index contributed by atoms with van der Waals surface area (Å²) in [6, 6.07) is 0. The Labute approximate surface area is 85.0 Å². The average molecular weight is 216 g/mol. The maximum Gasteiger partial charge on any atom is 0.294 e. The second-order valence-electron chi connectivity index (χ2n) is 2.98. The first-order valence-electron chi connectivity index (χ1n) is 3.93. The zero-order chi connectivity index (χ0) is 11.6. The van der Waals surface area contributed by atoms with E-state index in [0.717, 1.165) is 4.90 Å². The molecule has 9 nitrogen and oxygen atoms in total. The molecule has 0 fully saturated rings. The summed E-state index contributed by atoms with van der Waals surface area (Å²) in [6.45, 7) is -0.518. The molecule has 0 aromatic carbocycles. The van der Waals surface area contributed by atoms with Crippen molar-refractivity contribution in [2.24, 2.45) is 0 Å². The molecule has 0 aliphatic rings. The zero-order valence-corrected chi connectivity index (χ0v) is 7.99. The molecule has 0 aliphatic carbocycles. The largest absolute Gasteiger partial charge is 0.368 e. The topological polar surface area (TPSA) is 155 Å². The van der Waals surface area contributed by atoms with E-state index in [9.17, 15) is 0 Å². The molecule has 0 saturated heterocycles. The van der Waals surface area contributed by atoms with E-state index in [2.05, 4.69) is 15.0 Å². The van der Waals surface area contributed by atoms with Crippen LogP contribution in [0.2, 0.25) is 0 Å². The van der Waals surface area contributed by atoms with E-state index in [1.807, 2.05) is 0 Å². The second-order valence-corrected chi connectivity index (χ2v) is 2.98. The Morgan fingerprint density at radius 2 is 1.60 bits per heavy atom. The van der Waals surface area contributed by atoms with Crippen LogP contribution in [-0.2, 0) is 0 Å². The molecule has 1 aromatic heterocycles. The van der Waals surface area contributed by atoms with Gasteiger partial charge in [-0.2, -0.15) is 15.0 Å². The van der Waals surface area contributed by atoms with Gasteiger partial charge in [0, 0.05) is 7.05 Å². The van der Waals surface area contributed by atoms with Gasteiger partial charge in [0.2, 0.25) is 17.8 Å². The average Bonchev–Trinajstić information content (AvgIpc) is 1.98. The molecular weight excluding hydrogens is 204 g/mol. The van der Waals surface area contributed by atoms with Gasteiger partial charge >= 0.3 is 0 Å². The molecule has 9 heteroatoms. The number of aliphatic hydroxyl groups is 3. The van der Waals surface area contributed by atoms with Crippen molar-refractivity contribution in [2.75, 3.05) is 30.0 Å². The normalized spacial score (nSPS) is 11.5. The summed E-state index contributed by atoms with van der Waals surface area (Å²) in [5.41, 5.74) is 10.6. The molecule has 0 aliphatic heterocycles. The summed E-state index contributed by atoms with van der Waals surface area (Å²) in [7, 11) is 1.42. The highest BCUT2D eigenvalue weighted by atomic mass is 16.7. The molecule has 84 valence electrons. The Balaban J connectivity index is 2.86. The third-order valence-corrected chi connectivity index (χ3v) is 1.45. The number of aromatic nitrogens is 3. The Morgan fingerprint density at radius 3 is 2.00 bits per heavy atom. The van der Waals surface area contributed by atoms with Crippen molar-refractivity contribution in [1.82, 2.24) is 15.0 Å². The van der Waals surface area contributed by atoms with Crippen molar-refractivity contribution in [3.05, 3.63) is 0 Å². The summed E-state index contributed by atoms with van der Waals surface area (Å²) in [5, 5.41) is 26.2. The molecule has 15 heavy (non-hydrogen) atoms. The molecular formula is C6H12N6O3. The van der Waals surface area contributed by atoms with Gasteiger partial charge in [-0.3, -0.25) is 0 Å². The van der Waals surface area contributed by atoms with E-state index in [4.69, 9.17) is 26.8 Å². The molecule has 0 saturated carbocycles. The number of nitrogens with zero attached hydrogens (tertiary/aromatic N) is 4. The monoisotopic (exact) mass is 216 g/mol. The summed E-state index contributed by atoms with van der Waals surface area (Å²) >= 11 is 0. The van der Waals surface area contributed by atoms with E-state index < -0.39 is 12.5 Å². The van der Waals surface area contributed by atoms with E-state index in [0.29, 0.717) is 0 Å². The van der Waals surface area contributed by atoms with Crippen LogP contribution in [-0.4, -0.2) is 49.8 Å². The van der Waals surface area contributed by atoms with E-state index in [1.54, 1.807) is 0 Å². The fourth-order valence-corrected chi connectivity index (χ4v) is 0.957. The van der Waals surface area contributed by atoms with Gasteiger partial charge in [0.1, 0.15) is 6.54 Å². The van der Waals surface area contributed by atoms with E-state index in [-0.39, 0.29) is 17.8 Å². The lowest BCUT2D eigenvalue weighted by Crippen LogP contribution is -2.42. The fourth-order valence-electron chi connectivity index (χ4n) is 0.957. The van der Waals surface area contributed by atoms with Crippen molar-refractivity contribution in [3.63, 3.8) is 0 Å². The van der Waals surface area contributed by atoms with E-state index in [1.165, 1.54) is 7.05 Å². The Kier molecular flexibility index (Phi) is 2.88. The third-order valence-electron chi connectivity index (χ3n) is 1.45. The standard InChI is InChI=1S/C6H12N6O3/c1-12(2-6(13,14)15)5-10-3(7)9-4(8)11-5/h13-15H,2H2,1H3,(H4,7,8,9,10,11). The van der Waals surface area contributed by atoms with Crippen LogP contribution in [0.3, 0.4) is 0 Å². The summed E-state index contributed by atoms with van der Waals surface area (Å²) in [6.07, 6.45) is 0. The van der Waals surface area contributed by atoms with Crippen LogP contribution >= 0.6 is 0 Å². The molecule has 0 unspecified atom stereocenters. The van der Waals surface area contributed by atoms with Crippen molar-refractivity contribution in [2.45, 2.75) is 5.97 Å². The van der Waals surface area contributed by atoms with Crippen LogP contribution in [0.15, 0.2) is 0 Å². The maximum atomic E-state index is 8.72. The van der Waals surface area contributed by atoms with Gasteiger partial charge in [-0.05, 0) is 0 Å². The van der Waals surface area contributed by atoms with Crippen LogP contribution in [0.25, 0.3) is 0 Å². The SMILES string of the molecule is CN(CC(O)(O)O)c1nc(N)nc(N)n1. The summed E-state index contributed by atoms with van der Waals surface area (Å²) in [4.78, 5) is 12.1. The molecule has 1 rings (SSSR count). The van der Waals surface area contributed by atoms with Crippen molar-refractivity contribution in [1.29, 1.82) is 0 Å². The smallest absolute Gasteiger partial charge is 0.294 e. The number of hydrogen-bond acceptors (Lipinski definition) is 9. The number of hydrogen-bond donors (Lipinski definition) is 5. The lowest BCUT2D eigenvalue weighted by Gasteiger charge is -2.22. The molecule has 0 bridgehead atoms. The van der Waals surface area contributed by atoms with Gasteiger partial charge in [-0.15, -0.1) is 0 Å². The highest BCUT2D eigenvalue weighted by Gasteiger charge is 2.22. The number of rotatable bonds is 3. The number of anilines is 3. The number of nitrogen functional groups attached to an aromatic ring is 2. The number of nitrogens with two attached hydrogens (primary N) is 2. The molecule has 1 heterocycles. The molecule has 7 N–H and O–H groups in total. The molecule has 0 amide bonds. The Morgan fingerprint density at radius 1 is 1.13 bits per heavy atom. The second kappa shape index (κ2) is 3.81. The van der Waals surface area contributed by atoms with Crippen molar-refractivity contribution < 1.29 is 15.3 Å². The Hall–Kier alpha value is -1.71. The Bertz CT molecular complexity index is 331. The van der Waals surface area contributed by atoms with Gasteiger partial charge in [0.25, 0.3) is 5.97 Å². The highest BCUT2D eigenvalue weighted by Crippen LogP contribution is 2.10. The van der Waals surface area contributed by atoms with Crippen molar-refractivity contribution >= 4 is 17.8 Å². The minimum atomic E-state index is -2.84. The van der Waals surface area contributed by atoms with Gasteiger partial charge in [0.15, 0.2) is 0 Å².